The maximum atomic E-state index is 12.9. The molecular weight excluding hydrogens is 442 g/mol. The Morgan fingerprint density at radius 1 is 0.912 bits per heavy atom. The van der Waals surface area contributed by atoms with Crippen LogP contribution in [0.3, 0.4) is 0 Å². The van der Waals surface area contributed by atoms with Crippen molar-refractivity contribution < 1.29 is 4.79 Å². The van der Waals surface area contributed by atoms with Gasteiger partial charge in [-0.15, -0.1) is 11.3 Å². The van der Waals surface area contributed by atoms with Gasteiger partial charge in [0.15, 0.2) is 0 Å². The number of benzene rings is 2. The number of nitrogens with zero attached hydrogens (tertiary/aromatic N) is 4. The summed E-state index contributed by atoms with van der Waals surface area (Å²) in [7, 11) is 0. The summed E-state index contributed by atoms with van der Waals surface area (Å²) in [5.41, 5.74) is 5.87. The molecule has 1 N–H and O–H groups in total. The average molecular weight is 470 g/mol. The van der Waals surface area contributed by atoms with E-state index in [1.807, 2.05) is 62.4 Å². The first-order valence-electron chi connectivity index (χ1n) is 11.5. The van der Waals surface area contributed by atoms with Gasteiger partial charge in [0.1, 0.15) is 5.01 Å². The molecule has 2 aromatic carbocycles. The van der Waals surface area contributed by atoms with Gasteiger partial charge < -0.3 is 10.2 Å². The van der Waals surface area contributed by atoms with E-state index < -0.39 is 0 Å². The summed E-state index contributed by atoms with van der Waals surface area (Å²) in [6.45, 7) is 5.54. The van der Waals surface area contributed by atoms with Gasteiger partial charge in [0.25, 0.3) is 0 Å². The Kier molecular flexibility index (Phi) is 6.36. The smallest absolute Gasteiger partial charge is 0.227 e. The highest BCUT2D eigenvalue weighted by molar-refractivity contribution is 7.13. The Labute approximate surface area is 203 Å². The quantitative estimate of drug-likeness (QED) is 0.404. The summed E-state index contributed by atoms with van der Waals surface area (Å²) < 4.78 is 0. The van der Waals surface area contributed by atoms with Crippen LogP contribution in [0, 0.1) is 19.8 Å². The molecule has 7 heteroatoms. The van der Waals surface area contributed by atoms with E-state index in [1.165, 1.54) is 0 Å². The highest BCUT2D eigenvalue weighted by Gasteiger charge is 2.26. The number of piperidine rings is 1. The number of anilines is 2. The molecule has 5 rings (SSSR count). The molecule has 1 saturated heterocycles. The van der Waals surface area contributed by atoms with E-state index in [2.05, 4.69) is 37.7 Å². The minimum absolute atomic E-state index is 0.00574. The number of amides is 1. The third-order valence-corrected chi connectivity index (χ3v) is 6.98. The Hall–Kier alpha value is -3.58. The molecule has 1 aliphatic rings. The summed E-state index contributed by atoms with van der Waals surface area (Å²) in [6, 6.07) is 20.1. The summed E-state index contributed by atoms with van der Waals surface area (Å²) in [4.78, 5) is 28.9. The Bertz CT molecular complexity index is 1260. The molecule has 0 unspecified atom stereocenters. The largest absolute Gasteiger partial charge is 0.341 e. The van der Waals surface area contributed by atoms with Crippen LogP contribution < -0.4 is 10.2 Å². The van der Waals surface area contributed by atoms with Crippen LogP contribution in [0.2, 0.25) is 0 Å². The molecule has 0 saturated carbocycles. The molecule has 2 aromatic heterocycles. The van der Waals surface area contributed by atoms with Crippen LogP contribution >= 0.6 is 11.3 Å². The molecule has 4 aromatic rings. The molecule has 0 aliphatic carbocycles. The minimum Gasteiger partial charge on any atom is -0.341 e. The molecule has 1 aliphatic heterocycles. The van der Waals surface area contributed by atoms with Gasteiger partial charge in [0.05, 0.1) is 5.69 Å². The molecule has 172 valence electrons. The molecule has 34 heavy (non-hydrogen) atoms. The first-order valence-corrected chi connectivity index (χ1v) is 12.4. The fraction of sp³-hybridized carbons (Fsp3) is 0.259. The van der Waals surface area contributed by atoms with Gasteiger partial charge in [-0.3, -0.25) is 4.79 Å². The number of thiazole rings is 1. The summed E-state index contributed by atoms with van der Waals surface area (Å²) >= 11 is 1.64. The van der Waals surface area contributed by atoms with Crippen molar-refractivity contribution in [3.63, 3.8) is 0 Å². The van der Waals surface area contributed by atoms with Crippen molar-refractivity contribution in [1.82, 2.24) is 15.0 Å². The number of aromatic nitrogens is 3. The van der Waals surface area contributed by atoms with E-state index in [4.69, 9.17) is 4.98 Å². The number of carbonyl (C=O) groups excluding carboxylic acids is 1. The topological polar surface area (TPSA) is 71.0 Å². The van der Waals surface area contributed by atoms with Crippen LogP contribution in [0.15, 0.2) is 66.0 Å². The molecule has 0 radical (unpaired) electrons. The van der Waals surface area contributed by atoms with Gasteiger partial charge in [-0.25, -0.2) is 15.0 Å². The minimum atomic E-state index is -0.00574. The Morgan fingerprint density at radius 3 is 2.26 bits per heavy atom. The summed E-state index contributed by atoms with van der Waals surface area (Å²) in [5.74, 6) is 0.840. The number of hydrogen-bond acceptors (Lipinski definition) is 6. The maximum absolute atomic E-state index is 12.9. The lowest BCUT2D eigenvalue weighted by atomic mass is 9.96. The van der Waals surface area contributed by atoms with Gasteiger partial charge in [0, 0.05) is 52.6 Å². The SMILES string of the molecule is Cc1cc(C)nc(N2CCC(C(=O)Nc3ccc(-c4csc(-c5ccccc5)n4)cc3)CC2)n1. The second-order valence-corrected chi connectivity index (χ2v) is 9.54. The third-order valence-electron chi connectivity index (χ3n) is 6.09. The molecule has 0 spiro atoms. The van der Waals surface area contributed by atoms with Crippen molar-refractivity contribution in [1.29, 1.82) is 0 Å². The molecule has 6 nitrogen and oxygen atoms in total. The number of rotatable bonds is 5. The van der Waals surface area contributed by atoms with E-state index in [9.17, 15) is 4.79 Å². The Morgan fingerprint density at radius 2 is 1.59 bits per heavy atom. The second kappa shape index (κ2) is 9.73. The van der Waals surface area contributed by atoms with Gasteiger partial charge in [-0.05, 0) is 44.9 Å². The molecule has 0 atom stereocenters. The molecular formula is C27H27N5OS. The fourth-order valence-corrected chi connectivity index (χ4v) is 5.11. The summed E-state index contributed by atoms with van der Waals surface area (Å²) in [5, 5.41) is 6.17. The van der Waals surface area contributed by atoms with Crippen molar-refractivity contribution in [2.24, 2.45) is 5.92 Å². The van der Waals surface area contributed by atoms with Crippen molar-refractivity contribution in [2.75, 3.05) is 23.3 Å². The normalized spacial score (nSPS) is 14.2. The van der Waals surface area contributed by atoms with E-state index >= 15 is 0 Å². The van der Waals surface area contributed by atoms with Crippen molar-refractivity contribution in [3.05, 3.63) is 77.4 Å². The van der Waals surface area contributed by atoms with Crippen LogP contribution in [0.1, 0.15) is 24.2 Å². The van der Waals surface area contributed by atoms with E-state index in [0.29, 0.717) is 0 Å². The zero-order chi connectivity index (χ0) is 23.5. The lowest BCUT2D eigenvalue weighted by Crippen LogP contribution is -2.39. The number of hydrogen-bond donors (Lipinski definition) is 1. The van der Waals surface area contributed by atoms with Gasteiger partial charge >= 0.3 is 0 Å². The number of aryl methyl sites for hydroxylation is 2. The van der Waals surface area contributed by atoms with Gasteiger partial charge in [0.2, 0.25) is 11.9 Å². The van der Waals surface area contributed by atoms with Crippen LogP contribution in [0.25, 0.3) is 21.8 Å². The van der Waals surface area contributed by atoms with Gasteiger partial charge in [-0.1, -0.05) is 42.5 Å². The van der Waals surface area contributed by atoms with Crippen LogP contribution in [-0.4, -0.2) is 33.9 Å². The van der Waals surface area contributed by atoms with Crippen molar-refractivity contribution in [2.45, 2.75) is 26.7 Å². The van der Waals surface area contributed by atoms with Crippen LogP contribution in [0.5, 0.6) is 0 Å². The van der Waals surface area contributed by atoms with Crippen molar-refractivity contribution in [3.8, 4) is 21.8 Å². The number of carbonyl (C=O) groups is 1. The first kappa shape index (κ1) is 22.2. The fourth-order valence-electron chi connectivity index (χ4n) is 4.28. The predicted molar refractivity (Wildman–Crippen MR) is 138 cm³/mol. The average Bonchev–Trinajstić information content (AvgIpc) is 3.35. The zero-order valence-corrected chi connectivity index (χ0v) is 20.2. The van der Waals surface area contributed by atoms with Crippen LogP contribution in [0.4, 0.5) is 11.6 Å². The highest BCUT2D eigenvalue weighted by Crippen LogP contribution is 2.29. The third kappa shape index (κ3) is 4.99. The predicted octanol–water partition coefficient (Wildman–Crippen LogP) is 5.74. The Balaban J connectivity index is 1.18. The van der Waals surface area contributed by atoms with E-state index in [0.717, 1.165) is 70.8 Å². The number of nitrogens with one attached hydrogen (secondary N) is 1. The van der Waals surface area contributed by atoms with Crippen molar-refractivity contribution >= 4 is 28.9 Å². The zero-order valence-electron chi connectivity index (χ0n) is 19.4. The second-order valence-electron chi connectivity index (χ2n) is 8.68. The van der Waals surface area contributed by atoms with Gasteiger partial charge in [-0.2, -0.15) is 0 Å². The lowest BCUT2D eigenvalue weighted by molar-refractivity contribution is -0.120. The first-order chi connectivity index (χ1) is 16.5. The molecule has 1 amide bonds. The standard InChI is InChI=1S/C27H27N5OS/c1-18-16-19(2)29-27(28-18)32-14-12-21(13-15-32)25(33)30-23-10-8-20(9-11-23)24-17-34-26(31-24)22-6-4-3-5-7-22/h3-11,16-17,21H,12-15H2,1-2H3,(H,30,33). The van der Waals surface area contributed by atoms with E-state index in [-0.39, 0.29) is 11.8 Å². The monoisotopic (exact) mass is 469 g/mol. The van der Waals surface area contributed by atoms with Crippen LogP contribution in [-0.2, 0) is 4.79 Å². The lowest BCUT2D eigenvalue weighted by Gasteiger charge is -2.31. The highest BCUT2D eigenvalue weighted by atomic mass is 32.1. The summed E-state index contributed by atoms with van der Waals surface area (Å²) in [6.07, 6.45) is 1.59. The molecule has 3 heterocycles. The molecule has 0 bridgehead atoms. The molecule has 1 fully saturated rings. The maximum Gasteiger partial charge on any atom is 0.227 e. The van der Waals surface area contributed by atoms with E-state index in [1.54, 1.807) is 11.3 Å².